The molecule has 2 heterocycles. The lowest BCUT2D eigenvalue weighted by Gasteiger charge is -2.30. The van der Waals surface area contributed by atoms with Crippen molar-refractivity contribution < 1.29 is 8.42 Å². The van der Waals surface area contributed by atoms with Gasteiger partial charge in [0, 0.05) is 31.5 Å². The zero-order valence-corrected chi connectivity index (χ0v) is 13.9. The van der Waals surface area contributed by atoms with Gasteiger partial charge in [0.05, 0.1) is 4.90 Å². The summed E-state index contributed by atoms with van der Waals surface area (Å²) in [5, 5.41) is 3.19. The molecule has 0 aromatic carbocycles. The Labute approximate surface area is 128 Å². The number of rotatable bonds is 7. The Balaban J connectivity index is 2.00. The summed E-state index contributed by atoms with van der Waals surface area (Å²) >= 11 is 0. The molecule has 0 saturated carbocycles. The first-order valence-electron chi connectivity index (χ1n) is 7.96. The van der Waals surface area contributed by atoms with Gasteiger partial charge in [-0.15, -0.1) is 0 Å². The van der Waals surface area contributed by atoms with Crippen LogP contribution < -0.4 is 5.32 Å². The fourth-order valence-electron chi connectivity index (χ4n) is 2.93. The minimum absolute atomic E-state index is 0.393. The number of H-pyrrole nitrogens is 1. The lowest BCUT2D eigenvalue weighted by molar-refractivity contribution is 0.262. The number of aromatic amines is 1. The Bertz CT molecular complexity index is 531. The topological polar surface area (TPSA) is 65.2 Å². The van der Waals surface area contributed by atoms with E-state index in [1.54, 1.807) is 16.6 Å². The van der Waals surface area contributed by atoms with Crippen molar-refractivity contribution in [2.45, 2.75) is 51.0 Å². The van der Waals surface area contributed by atoms with Gasteiger partial charge >= 0.3 is 0 Å². The number of aromatic nitrogens is 1. The van der Waals surface area contributed by atoms with Gasteiger partial charge in [0.1, 0.15) is 0 Å². The van der Waals surface area contributed by atoms with E-state index >= 15 is 0 Å². The highest BCUT2D eigenvalue weighted by Crippen LogP contribution is 2.26. The van der Waals surface area contributed by atoms with E-state index in [1.807, 2.05) is 6.92 Å². The van der Waals surface area contributed by atoms with E-state index in [9.17, 15) is 8.42 Å². The summed E-state index contributed by atoms with van der Waals surface area (Å²) in [6, 6.07) is 1.75. The van der Waals surface area contributed by atoms with Crippen molar-refractivity contribution in [3.63, 3.8) is 0 Å². The van der Waals surface area contributed by atoms with E-state index in [0.717, 1.165) is 25.1 Å². The monoisotopic (exact) mass is 313 g/mol. The molecule has 2 rings (SSSR count). The summed E-state index contributed by atoms with van der Waals surface area (Å²) in [4.78, 5) is 3.44. The van der Waals surface area contributed by atoms with Gasteiger partial charge < -0.3 is 10.3 Å². The maximum atomic E-state index is 12.6. The van der Waals surface area contributed by atoms with Crippen LogP contribution in [0.15, 0.2) is 17.2 Å². The summed E-state index contributed by atoms with van der Waals surface area (Å²) in [5.41, 5.74) is 0.913. The van der Waals surface area contributed by atoms with E-state index in [1.165, 1.54) is 12.8 Å². The molecule has 1 aromatic heterocycles. The molecule has 1 aliphatic rings. The van der Waals surface area contributed by atoms with Gasteiger partial charge in [-0.25, -0.2) is 8.42 Å². The maximum absolute atomic E-state index is 12.6. The van der Waals surface area contributed by atoms with Crippen molar-refractivity contribution in [3.05, 3.63) is 18.0 Å². The van der Waals surface area contributed by atoms with Crippen molar-refractivity contribution >= 4 is 10.0 Å². The Morgan fingerprint density at radius 1 is 1.33 bits per heavy atom. The smallest absolute Gasteiger partial charge is 0.244 e. The predicted octanol–water partition coefficient (Wildman–Crippen LogP) is 2.33. The lowest BCUT2D eigenvalue weighted by atomic mass is 9.94. The van der Waals surface area contributed by atoms with Crippen LogP contribution in [0, 0.1) is 5.92 Å². The third-order valence-electron chi connectivity index (χ3n) is 4.19. The molecular formula is C15H27N3O2S. The van der Waals surface area contributed by atoms with Crippen LogP contribution in [0.25, 0.3) is 0 Å². The Kier molecular flexibility index (Phi) is 5.84. The first-order chi connectivity index (χ1) is 10.1. The SMILES string of the molecule is CCCC1CCN(S(=O)(=O)c2c[nH]c(CNCC)c2)CC1. The van der Waals surface area contributed by atoms with Gasteiger partial charge in [0.25, 0.3) is 0 Å². The van der Waals surface area contributed by atoms with Crippen molar-refractivity contribution in [1.82, 2.24) is 14.6 Å². The Morgan fingerprint density at radius 2 is 2.05 bits per heavy atom. The number of piperidine rings is 1. The second-order valence-corrected chi connectivity index (χ2v) is 7.72. The summed E-state index contributed by atoms with van der Waals surface area (Å²) in [5.74, 6) is 0.692. The van der Waals surface area contributed by atoms with E-state index in [-0.39, 0.29) is 0 Å². The summed E-state index contributed by atoms with van der Waals surface area (Å²) in [6.45, 7) is 7.06. The molecule has 1 aromatic rings. The number of hydrogen-bond acceptors (Lipinski definition) is 3. The quantitative estimate of drug-likeness (QED) is 0.812. The van der Waals surface area contributed by atoms with E-state index in [0.29, 0.717) is 30.4 Å². The van der Waals surface area contributed by atoms with Crippen LogP contribution in [0.2, 0.25) is 0 Å². The van der Waals surface area contributed by atoms with Crippen molar-refractivity contribution in [2.75, 3.05) is 19.6 Å². The molecular weight excluding hydrogens is 286 g/mol. The molecule has 21 heavy (non-hydrogen) atoms. The predicted molar refractivity (Wildman–Crippen MR) is 84.6 cm³/mol. The molecule has 0 amide bonds. The molecule has 0 atom stereocenters. The Morgan fingerprint density at radius 3 is 2.67 bits per heavy atom. The number of sulfonamides is 1. The molecule has 0 aliphatic carbocycles. The van der Waals surface area contributed by atoms with Crippen LogP contribution >= 0.6 is 0 Å². The van der Waals surface area contributed by atoms with Crippen LogP contribution in [0.3, 0.4) is 0 Å². The largest absolute Gasteiger partial charge is 0.363 e. The highest BCUT2D eigenvalue weighted by Gasteiger charge is 2.29. The molecule has 6 heteroatoms. The van der Waals surface area contributed by atoms with Crippen molar-refractivity contribution in [3.8, 4) is 0 Å². The average molecular weight is 313 g/mol. The first kappa shape index (κ1) is 16.5. The number of nitrogens with zero attached hydrogens (tertiary/aromatic N) is 1. The van der Waals surface area contributed by atoms with Gasteiger partial charge in [0.15, 0.2) is 0 Å². The summed E-state index contributed by atoms with van der Waals surface area (Å²) < 4.78 is 26.9. The van der Waals surface area contributed by atoms with Crippen LogP contribution in [-0.4, -0.2) is 37.3 Å². The van der Waals surface area contributed by atoms with Gasteiger partial charge in [-0.2, -0.15) is 4.31 Å². The fourth-order valence-corrected chi connectivity index (χ4v) is 4.41. The molecule has 1 fully saturated rings. The lowest BCUT2D eigenvalue weighted by Crippen LogP contribution is -2.38. The Hall–Kier alpha value is -0.850. The van der Waals surface area contributed by atoms with Gasteiger partial charge in [-0.3, -0.25) is 0 Å². The van der Waals surface area contributed by atoms with Gasteiger partial charge in [0.2, 0.25) is 10.0 Å². The normalized spacial score (nSPS) is 18.2. The second-order valence-electron chi connectivity index (χ2n) is 5.78. The first-order valence-corrected chi connectivity index (χ1v) is 9.40. The summed E-state index contributed by atoms with van der Waals surface area (Å²) in [7, 11) is -3.33. The molecule has 0 unspecified atom stereocenters. The number of hydrogen-bond donors (Lipinski definition) is 2. The molecule has 2 N–H and O–H groups in total. The number of nitrogens with one attached hydrogen (secondary N) is 2. The third-order valence-corrected chi connectivity index (χ3v) is 6.07. The molecule has 1 aliphatic heterocycles. The van der Waals surface area contributed by atoms with Gasteiger partial charge in [-0.05, 0) is 31.4 Å². The fraction of sp³-hybridized carbons (Fsp3) is 0.733. The van der Waals surface area contributed by atoms with Crippen LogP contribution in [-0.2, 0) is 16.6 Å². The average Bonchev–Trinajstić information content (AvgIpc) is 2.96. The van der Waals surface area contributed by atoms with Crippen molar-refractivity contribution in [2.24, 2.45) is 5.92 Å². The molecule has 0 radical (unpaired) electrons. The highest BCUT2D eigenvalue weighted by molar-refractivity contribution is 7.89. The zero-order chi connectivity index (χ0) is 15.3. The van der Waals surface area contributed by atoms with Crippen molar-refractivity contribution in [1.29, 1.82) is 0 Å². The van der Waals surface area contributed by atoms with E-state index in [4.69, 9.17) is 0 Å². The second kappa shape index (κ2) is 7.42. The molecule has 0 spiro atoms. The van der Waals surface area contributed by atoms with Crippen LogP contribution in [0.4, 0.5) is 0 Å². The van der Waals surface area contributed by atoms with Gasteiger partial charge in [-0.1, -0.05) is 26.7 Å². The molecule has 1 saturated heterocycles. The van der Waals surface area contributed by atoms with E-state index in [2.05, 4.69) is 17.2 Å². The molecule has 120 valence electrons. The third kappa shape index (κ3) is 4.08. The van der Waals surface area contributed by atoms with E-state index < -0.39 is 10.0 Å². The minimum Gasteiger partial charge on any atom is -0.363 e. The highest BCUT2D eigenvalue weighted by atomic mass is 32.2. The molecule has 5 nitrogen and oxygen atoms in total. The maximum Gasteiger partial charge on any atom is 0.244 e. The van der Waals surface area contributed by atoms with Crippen LogP contribution in [0.5, 0.6) is 0 Å². The standard InChI is InChI=1S/C15H27N3O2S/c1-3-5-13-6-8-18(9-7-13)21(19,20)15-10-14(17-12-15)11-16-4-2/h10,12-13,16-17H,3-9,11H2,1-2H3. The molecule has 0 bridgehead atoms. The summed E-state index contributed by atoms with van der Waals surface area (Å²) in [6.07, 6.45) is 5.98. The zero-order valence-electron chi connectivity index (χ0n) is 13.1. The minimum atomic E-state index is -3.33. The van der Waals surface area contributed by atoms with Crippen LogP contribution in [0.1, 0.15) is 45.2 Å².